The van der Waals surface area contributed by atoms with Crippen molar-refractivity contribution in [2.75, 3.05) is 29.0 Å². The van der Waals surface area contributed by atoms with E-state index in [4.69, 9.17) is 5.73 Å². The van der Waals surface area contributed by atoms with E-state index in [1.165, 1.54) is 6.20 Å². The van der Waals surface area contributed by atoms with Crippen molar-refractivity contribution in [1.82, 2.24) is 15.0 Å². The molecule has 9 heteroatoms. The molecule has 0 amide bonds. The van der Waals surface area contributed by atoms with Crippen LogP contribution in [-0.2, 0) is 0 Å². The maximum absolute atomic E-state index is 13.2. The highest BCUT2D eigenvalue weighted by atomic mass is 19.3. The van der Waals surface area contributed by atoms with Crippen LogP contribution in [0.4, 0.5) is 26.2 Å². The molecule has 0 bridgehead atoms. The lowest BCUT2D eigenvalue weighted by molar-refractivity contribution is -0.0261. The zero-order chi connectivity index (χ0) is 17.6. The summed E-state index contributed by atoms with van der Waals surface area (Å²) in [6, 6.07) is 0.192. The summed E-state index contributed by atoms with van der Waals surface area (Å²) in [5.41, 5.74) is 6.95. The Morgan fingerprint density at radius 2 is 1.88 bits per heavy atom. The highest BCUT2D eigenvalue weighted by molar-refractivity contribution is 5.97. The molecule has 2 fully saturated rings. The molecule has 2 aliphatic rings. The molecule has 0 atom stereocenters. The van der Waals surface area contributed by atoms with Crippen molar-refractivity contribution >= 4 is 28.4 Å². The summed E-state index contributed by atoms with van der Waals surface area (Å²) in [5, 5.41) is 13.4. The molecule has 7 nitrogen and oxygen atoms in total. The molecule has 134 valence electrons. The molecule has 3 heterocycles. The largest absolute Gasteiger partial charge is 0.393 e. The van der Waals surface area contributed by atoms with Gasteiger partial charge >= 0.3 is 0 Å². The first-order chi connectivity index (χ1) is 11.9. The van der Waals surface area contributed by atoms with Crippen molar-refractivity contribution in [2.45, 2.75) is 43.8 Å². The van der Waals surface area contributed by atoms with Gasteiger partial charge in [0.2, 0.25) is 5.95 Å². The van der Waals surface area contributed by atoms with E-state index in [1.54, 1.807) is 11.1 Å². The van der Waals surface area contributed by atoms with Gasteiger partial charge in [-0.15, -0.1) is 0 Å². The van der Waals surface area contributed by atoms with E-state index in [1.807, 2.05) is 0 Å². The van der Waals surface area contributed by atoms with Crippen LogP contribution in [0.1, 0.15) is 25.7 Å². The number of fused-ring (bicyclic) bond motifs is 1. The summed E-state index contributed by atoms with van der Waals surface area (Å²) in [4.78, 5) is 14.4. The number of pyridine rings is 1. The summed E-state index contributed by atoms with van der Waals surface area (Å²) in [6.45, 7) is -0.693. The van der Waals surface area contributed by atoms with Gasteiger partial charge in [0.25, 0.3) is 5.92 Å². The Morgan fingerprint density at radius 3 is 2.56 bits per heavy atom. The van der Waals surface area contributed by atoms with Crippen LogP contribution in [-0.4, -0.2) is 51.2 Å². The van der Waals surface area contributed by atoms with Gasteiger partial charge in [0.05, 0.1) is 36.5 Å². The Balaban J connectivity index is 1.62. The van der Waals surface area contributed by atoms with Gasteiger partial charge in [-0.05, 0) is 25.7 Å². The first-order valence-corrected chi connectivity index (χ1v) is 8.40. The van der Waals surface area contributed by atoms with Crippen molar-refractivity contribution in [3.63, 3.8) is 0 Å². The highest BCUT2D eigenvalue weighted by Gasteiger charge is 2.44. The summed E-state index contributed by atoms with van der Waals surface area (Å²) >= 11 is 0. The van der Waals surface area contributed by atoms with Crippen LogP contribution in [0.5, 0.6) is 0 Å². The van der Waals surface area contributed by atoms with Crippen LogP contribution in [0.15, 0.2) is 12.4 Å². The van der Waals surface area contributed by atoms with E-state index in [0.717, 1.165) is 25.7 Å². The van der Waals surface area contributed by atoms with Gasteiger partial charge in [0.1, 0.15) is 11.3 Å². The Kier molecular flexibility index (Phi) is 3.82. The quantitative estimate of drug-likeness (QED) is 0.776. The second-order valence-corrected chi connectivity index (χ2v) is 6.85. The zero-order valence-corrected chi connectivity index (χ0v) is 13.6. The van der Waals surface area contributed by atoms with Gasteiger partial charge in [-0.1, -0.05) is 0 Å². The van der Waals surface area contributed by atoms with Crippen LogP contribution < -0.4 is 16.0 Å². The number of alkyl halides is 2. The lowest BCUT2D eigenvalue weighted by Gasteiger charge is -2.40. The second kappa shape index (κ2) is 5.91. The third kappa shape index (κ3) is 3.15. The fraction of sp³-hybridized carbons (Fsp3) is 0.562. The van der Waals surface area contributed by atoms with Crippen molar-refractivity contribution in [3.8, 4) is 0 Å². The molecule has 4 rings (SSSR count). The lowest BCUT2D eigenvalue weighted by atomic mass is 9.93. The number of halogens is 2. The summed E-state index contributed by atoms with van der Waals surface area (Å²) in [5.74, 6) is -1.96. The number of aliphatic hydroxyl groups excluding tert-OH is 1. The van der Waals surface area contributed by atoms with E-state index in [-0.39, 0.29) is 31.1 Å². The predicted molar refractivity (Wildman–Crippen MR) is 90.8 cm³/mol. The minimum atomic E-state index is -2.68. The average molecular weight is 350 g/mol. The summed E-state index contributed by atoms with van der Waals surface area (Å²) in [7, 11) is 0. The number of rotatable bonds is 3. The van der Waals surface area contributed by atoms with E-state index < -0.39 is 5.92 Å². The minimum absolute atomic E-state index is 0.192. The Bertz CT molecular complexity index is 786. The van der Waals surface area contributed by atoms with Gasteiger partial charge in [-0.25, -0.2) is 23.7 Å². The summed E-state index contributed by atoms with van der Waals surface area (Å²) < 4.78 is 26.4. The lowest BCUT2D eigenvalue weighted by Crippen LogP contribution is -2.56. The Labute approximate surface area is 143 Å². The third-order valence-corrected chi connectivity index (χ3v) is 4.85. The number of aliphatic hydroxyl groups is 1. The van der Waals surface area contributed by atoms with Crippen LogP contribution >= 0.6 is 0 Å². The van der Waals surface area contributed by atoms with E-state index in [2.05, 4.69) is 20.3 Å². The SMILES string of the molecule is Nc1ncc(N2CC(F)(F)C2)c2nc(N[C@H]3CC[C@H](O)CC3)ncc12. The van der Waals surface area contributed by atoms with Crippen LogP contribution in [0.3, 0.4) is 0 Å². The normalized spacial score (nSPS) is 25.6. The molecule has 1 aliphatic heterocycles. The first-order valence-electron chi connectivity index (χ1n) is 8.40. The maximum atomic E-state index is 13.2. The number of hydrogen-bond donors (Lipinski definition) is 3. The molecule has 2 aromatic heterocycles. The molecule has 0 unspecified atom stereocenters. The molecule has 1 saturated heterocycles. The van der Waals surface area contributed by atoms with Crippen molar-refractivity contribution in [1.29, 1.82) is 0 Å². The molecule has 1 aliphatic carbocycles. The highest BCUT2D eigenvalue weighted by Crippen LogP contribution is 2.36. The van der Waals surface area contributed by atoms with E-state index in [0.29, 0.717) is 22.5 Å². The molecule has 0 aromatic carbocycles. The van der Waals surface area contributed by atoms with Gasteiger partial charge in [-0.2, -0.15) is 0 Å². The molecule has 4 N–H and O–H groups in total. The van der Waals surface area contributed by atoms with Gasteiger partial charge in [0.15, 0.2) is 0 Å². The molecule has 25 heavy (non-hydrogen) atoms. The number of nitrogens with one attached hydrogen (secondary N) is 1. The zero-order valence-electron chi connectivity index (χ0n) is 13.6. The number of hydrogen-bond acceptors (Lipinski definition) is 7. The number of nitrogen functional groups attached to an aromatic ring is 1. The number of aromatic nitrogens is 3. The molecular weight excluding hydrogens is 330 g/mol. The number of anilines is 3. The minimum Gasteiger partial charge on any atom is -0.393 e. The first kappa shape index (κ1) is 16.2. The molecule has 1 saturated carbocycles. The fourth-order valence-corrected chi connectivity index (χ4v) is 3.41. The van der Waals surface area contributed by atoms with Crippen LogP contribution in [0.2, 0.25) is 0 Å². The van der Waals surface area contributed by atoms with Gasteiger partial charge in [0, 0.05) is 12.2 Å². The van der Waals surface area contributed by atoms with Crippen molar-refractivity contribution in [2.24, 2.45) is 0 Å². The fourth-order valence-electron chi connectivity index (χ4n) is 3.41. The van der Waals surface area contributed by atoms with Crippen LogP contribution in [0, 0.1) is 0 Å². The van der Waals surface area contributed by atoms with Crippen molar-refractivity contribution < 1.29 is 13.9 Å². The van der Waals surface area contributed by atoms with E-state index in [9.17, 15) is 13.9 Å². The Hall–Kier alpha value is -2.29. The second-order valence-electron chi connectivity index (χ2n) is 6.85. The number of nitrogens with two attached hydrogens (primary N) is 1. The third-order valence-electron chi connectivity index (χ3n) is 4.85. The van der Waals surface area contributed by atoms with Crippen LogP contribution in [0.25, 0.3) is 10.9 Å². The summed E-state index contributed by atoms with van der Waals surface area (Å²) in [6.07, 6.45) is 6.00. The monoisotopic (exact) mass is 350 g/mol. The number of nitrogens with zero attached hydrogens (tertiary/aromatic N) is 4. The smallest absolute Gasteiger partial charge is 0.282 e. The van der Waals surface area contributed by atoms with Crippen molar-refractivity contribution in [3.05, 3.63) is 12.4 Å². The topological polar surface area (TPSA) is 100 Å². The van der Waals surface area contributed by atoms with Gasteiger partial charge < -0.3 is 21.1 Å². The van der Waals surface area contributed by atoms with Gasteiger partial charge in [-0.3, -0.25) is 0 Å². The standard InChI is InChI=1S/C16H20F2N6O/c17-16(18)7-24(8-16)12-6-20-14(19)11-5-21-15(23-13(11)12)22-9-1-3-10(25)4-2-9/h5-6,9-10,25H,1-4,7-8H2,(H2,19,20)(H,21,22,23)/t9-,10-. The molecule has 0 spiro atoms. The van der Waals surface area contributed by atoms with E-state index >= 15 is 0 Å². The Morgan fingerprint density at radius 1 is 1.16 bits per heavy atom. The molecule has 0 radical (unpaired) electrons. The average Bonchev–Trinajstić information content (AvgIpc) is 2.55. The molecular formula is C16H20F2N6O. The molecule has 2 aromatic rings. The predicted octanol–water partition coefficient (Wildman–Crippen LogP) is 1.78. The maximum Gasteiger partial charge on any atom is 0.282 e.